The number of nitrogens with one attached hydrogen (secondary N) is 1. The van der Waals surface area contributed by atoms with E-state index in [2.05, 4.69) is 35.6 Å². The summed E-state index contributed by atoms with van der Waals surface area (Å²) in [6, 6.07) is 4.56. The fourth-order valence-corrected chi connectivity index (χ4v) is 2.25. The molecule has 2 rings (SSSR count). The van der Waals surface area contributed by atoms with Gasteiger partial charge in [0.1, 0.15) is 6.61 Å². The highest BCUT2D eigenvalue weighted by atomic mass is 32.1. The Kier molecular flexibility index (Phi) is 3.74. The highest BCUT2D eigenvalue weighted by molar-refractivity contribution is 7.17. The molecule has 0 atom stereocenters. The lowest BCUT2D eigenvalue weighted by Gasteiger charge is -2.09. The van der Waals surface area contributed by atoms with Crippen LogP contribution in [0.15, 0.2) is 23.7 Å². The summed E-state index contributed by atoms with van der Waals surface area (Å²) < 4.78 is 6.88. The number of thiophene rings is 1. The molecule has 0 amide bonds. The second kappa shape index (κ2) is 5.27. The van der Waals surface area contributed by atoms with Gasteiger partial charge in [-0.2, -0.15) is 0 Å². The molecule has 0 unspecified atom stereocenters. The van der Waals surface area contributed by atoms with E-state index in [1.165, 1.54) is 4.70 Å². The SMILES string of the molecule is CC(C)NCCOc1nccc2sccc12. The number of hydrogen-bond acceptors (Lipinski definition) is 4. The van der Waals surface area contributed by atoms with Crippen LogP contribution in [0.3, 0.4) is 0 Å². The van der Waals surface area contributed by atoms with Crippen molar-refractivity contribution in [2.75, 3.05) is 13.2 Å². The van der Waals surface area contributed by atoms with Crippen molar-refractivity contribution in [2.24, 2.45) is 0 Å². The molecular weight excluding hydrogens is 220 g/mol. The first-order chi connectivity index (χ1) is 7.77. The highest BCUT2D eigenvalue weighted by Gasteiger charge is 2.03. The lowest BCUT2D eigenvalue weighted by molar-refractivity contribution is 0.301. The molecule has 0 spiro atoms. The molecule has 4 heteroatoms. The van der Waals surface area contributed by atoms with Crippen LogP contribution in [0.2, 0.25) is 0 Å². The van der Waals surface area contributed by atoms with Gasteiger partial charge in [0.25, 0.3) is 0 Å². The second-order valence-electron chi connectivity index (χ2n) is 3.91. The Labute approximate surface area is 99.5 Å². The lowest BCUT2D eigenvalue weighted by atomic mass is 10.3. The van der Waals surface area contributed by atoms with E-state index < -0.39 is 0 Å². The van der Waals surface area contributed by atoms with Crippen LogP contribution in [0, 0.1) is 0 Å². The van der Waals surface area contributed by atoms with Crippen LogP contribution in [0.25, 0.3) is 10.1 Å². The molecule has 3 nitrogen and oxygen atoms in total. The van der Waals surface area contributed by atoms with Crippen LogP contribution in [-0.2, 0) is 0 Å². The predicted octanol–water partition coefficient (Wildman–Crippen LogP) is 2.67. The topological polar surface area (TPSA) is 34.1 Å². The molecule has 0 aliphatic carbocycles. The predicted molar refractivity (Wildman–Crippen MR) is 68.3 cm³/mol. The van der Waals surface area contributed by atoms with Crippen molar-refractivity contribution in [3.8, 4) is 5.88 Å². The number of ether oxygens (including phenoxy) is 1. The van der Waals surface area contributed by atoms with E-state index in [9.17, 15) is 0 Å². The molecule has 0 aliphatic rings. The van der Waals surface area contributed by atoms with E-state index >= 15 is 0 Å². The van der Waals surface area contributed by atoms with E-state index in [0.29, 0.717) is 12.6 Å². The minimum absolute atomic E-state index is 0.494. The third-order valence-corrected chi connectivity index (χ3v) is 3.12. The zero-order valence-corrected chi connectivity index (χ0v) is 10.4. The van der Waals surface area contributed by atoms with Crippen molar-refractivity contribution in [2.45, 2.75) is 19.9 Å². The maximum absolute atomic E-state index is 5.66. The van der Waals surface area contributed by atoms with Gasteiger partial charge < -0.3 is 10.1 Å². The molecule has 0 radical (unpaired) electrons. The summed E-state index contributed by atoms with van der Waals surface area (Å²) in [6.07, 6.45) is 1.80. The third-order valence-electron chi connectivity index (χ3n) is 2.24. The van der Waals surface area contributed by atoms with Gasteiger partial charge in [0.15, 0.2) is 0 Å². The summed E-state index contributed by atoms with van der Waals surface area (Å²) in [4.78, 5) is 4.25. The molecule has 0 fully saturated rings. The molecule has 0 bridgehead atoms. The van der Waals surface area contributed by atoms with Crippen molar-refractivity contribution in [1.82, 2.24) is 10.3 Å². The van der Waals surface area contributed by atoms with E-state index in [4.69, 9.17) is 4.74 Å². The first-order valence-electron chi connectivity index (χ1n) is 5.46. The van der Waals surface area contributed by atoms with Gasteiger partial charge in [-0.15, -0.1) is 11.3 Å². The Balaban J connectivity index is 1.96. The fourth-order valence-electron chi connectivity index (χ4n) is 1.48. The summed E-state index contributed by atoms with van der Waals surface area (Å²) in [7, 11) is 0. The standard InChI is InChI=1S/C12H16N2OS/c1-9(2)13-6-7-15-12-10-4-8-16-11(10)3-5-14-12/h3-5,8-9,13H,6-7H2,1-2H3. The second-order valence-corrected chi connectivity index (χ2v) is 4.85. The number of fused-ring (bicyclic) bond motifs is 1. The minimum Gasteiger partial charge on any atom is -0.476 e. The number of hydrogen-bond donors (Lipinski definition) is 1. The fraction of sp³-hybridized carbons (Fsp3) is 0.417. The number of nitrogens with zero attached hydrogens (tertiary/aromatic N) is 1. The molecular formula is C12H16N2OS. The monoisotopic (exact) mass is 236 g/mol. The Morgan fingerprint density at radius 2 is 2.31 bits per heavy atom. The van der Waals surface area contributed by atoms with Crippen LogP contribution in [0.1, 0.15) is 13.8 Å². The van der Waals surface area contributed by atoms with Crippen molar-refractivity contribution in [3.63, 3.8) is 0 Å². The summed E-state index contributed by atoms with van der Waals surface area (Å²) in [5.74, 6) is 0.740. The highest BCUT2D eigenvalue weighted by Crippen LogP contribution is 2.27. The minimum atomic E-state index is 0.494. The van der Waals surface area contributed by atoms with E-state index in [0.717, 1.165) is 17.8 Å². The number of aromatic nitrogens is 1. The van der Waals surface area contributed by atoms with Gasteiger partial charge in [-0.05, 0) is 17.5 Å². The maximum atomic E-state index is 5.66. The molecule has 1 N–H and O–H groups in total. The van der Waals surface area contributed by atoms with Gasteiger partial charge in [-0.1, -0.05) is 13.8 Å². The number of rotatable bonds is 5. The molecule has 0 saturated carbocycles. The normalized spacial score (nSPS) is 11.2. The summed E-state index contributed by atoms with van der Waals surface area (Å²) in [5, 5.41) is 6.48. The summed E-state index contributed by atoms with van der Waals surface area (Å²) in [5.41, 5.74) is 0. The third kappa shape index (κ3) is 2.71. The Morgan fingerprint density at radius 3 is 3.12 bits per heavy atom. The average molecular weight is 236 g/mol. The maximum Gasteiger partial charge on any atom is 0.222 e. The van der Waals surface area contributed by atoms with Gasteiger partial charge in [0.05, 0.1) is 5.39 Å². The molecule has 2 aromatic heterocycles. The molecule has 0 saturated heterocycles. The first kappa shape index (κ1) is 11.4. The van der Waals surface area contributed by atoms with Gasteiger partial charge in [-0.3, -0.25) is 0 Å². The van der Waals surface area contributed by atoms with Crippen molar-refractivity contribution in [3.05, 3.63) is 23.7 Å². The smallest absolute Gasteiger partial charge is 0.222 e. The van der Waals surface area contributed by atoms with E-state index in [1.807, 2.05) is 6.07 Å². The van der Waals surface area contributed by atoms with Crippen LogP contribution < -0.4 is 10.1 Å². The van der Waals surface area contributed by atoms with Crippen molar-refractivity contribution < 1.29 is 4.74 Å². The quantitative estimate of drug-likeness (QED) is 0.810. The zero-order valence-electron chi connectivity index (χ0n) is 9.56. The van der Waals surface area contributed by atoms with E-state index in [1.54, 1.807) is 17.5 Å². The summed E-state index contributed by atoms with van der Waals surface area (Å²) in [6.45, 7) is 5.75. The van der Waals surface area contributed by atoms with Crippen LogP contribution in [0.4, 0.5) is 0 Å². The largest absolute Gasteiger partial charge is 0.476 e. The molecule has 86 valence electrons. The molecule has 16 heavy (non-hydrogen) atoms. The van der Waals surface area contributed by atoms with Crippen LogP contribution in [-0.4, -0.2) is 24.2 Å². The first-order valence-corrected chi connectivity index (χ1v) is 6.34. The van der Waals surface area contributed by atoms with Crippen molar-refractivity contribution >= 4 is 21.4 Å². The molecule has 2 aromatic rings. The Hall–Kier alpha value is -1.13. The Bertz CT molecular complexity index is 453. The van der Waals surface area contributed by atoms with Gasteiger partial charge in [-0.25, -0.2) is 4.98 Å². The summed E-state index contributed by atoms with van der Waals surface area (Å²) >= 11 is 1.71. The average Bonchev–Trinajstić information content (AvgIpc) is 2.72. The molecule has 0 aliphatic heterocycles. The number of pyridine rings is 1. The van der Waals surface area contributed by atoms with Crippen molar-refractivity contribution in [1.29, 1.82) is 0 Å². The molecule has 2 heterocycles. The lowest BCUT2D eigenvalue weighted by Crippen LogP contribution is -2.27. The van der Waals surface area contributed by atoms with E-state index in [-0.39, 0.29) is 0 Å². The van der Waals surface area contributed by atoms with Crippen LogP contribution >= 0.6 is 11.3 Å². The van der Waals surface area contributed by atoms with Gasteiger partial charge >= 0.3 is 0 Å². The Morgan fingerprint density at radius 1 is 1.44 bits per heavy atom. The van der Waals surface area contributed by atoms with Gasteiger partial charge in [0, 0.05) is 23.5 Å². The zero-order chi connectivity index (χ0) is 11.4. The van der Waals surface area contributed by atoms with Crippen LogP contribution in [0.5, 0.6) is 5.88 Å². The molecule has 0 aromatic carbocycles. The van der Waals surface area contributed by atoms with Gasteiger partial charge in [0.2, 0.25) is 5.88 Å².